The number of rotatable bonds is 7. The molecule has 2 aromatic rings. The number of carbonyl (C=O) groups excluding carboxylic acids is 1. The minimum atomic E-state index is -0.251. The number of benzene rings is 2. The van der Waals surface area contributed by atoms with Gasteiger partial charge in [-0.15, -0.1) is 0 Å². The highest BCUT2D eigenvalue weighted by Gasteiger charge is 2.08. The first-order valence-corrected chi connectivity index (χ1v) is 7.87. The smallest absolute Gasteiger partial charge is 0.333 e. The van der Waals surface area contributed by atoms with Gasteiger partial charge in [-0.3, -0.25) is 0 Å². The van der Waals surface area contributed by atoms with E-state index in [4.69, 9.17) is 9.47 Å². The van der Waals surface area contributed by atoms with Gasteiger partial charge < -0.3 is 9.47 Å². The Morgan fingerprint density at radius 1 is 1.00 bits per heavy atom. The van der Waals surface area contributed by atoms with Crippen LogP contribution in [0, 0.1) is 0 Å². The highest BCUT2D eigenvalue weighted by Crippen LogP contribution is 2.17. The Morgan fingerprint density at radius 2 is 1.70 bits per heavy atom. The van der Waals surface area contributed by atoms with Gasteiger partial charge in [0.1, 0.15) is 12.4 Å². The second-order valence-electron chi connectivity index (χ2n) is 5.09. The molecule has 0 bridgehead atoms. The zero-order valence-electron chi connectivity index (χ0n) is 13.6. The Hall–Kier alpha value is -2.55. The van der Waals surface area contributed by atoms with E-state index in [1.165, 1.54) is 0 Å². The largest absolute Gasteiger partial charge is 0.489 e. The lowest BCUT2D eigenvalue weighted by atomic mass is 10.1. The van der Waals surface area contributed by atoms with Gasteiger partial charge in [0.15, 0.2) is 0 Å². The second-order valence-corrected chi connectivity index (χ2v) is 5.09. The van der Waals surface area contributed by atoms with E-state index in [-0.39, 0.29) is 5.97 Å². The maximum atomic E-state index is 11.8. The van der Waals surface area contributed by atoms with E-state index in [9.17, 15) is 4.79 Å². The van der Waals surface area contributed by atoms with Crippen LogP contribution in [-0.2, 0) is 16.1 Å². The van der Waals surface area contributed by atoms with Gasteiger partial charge in [-0.1, -0.05) is 49.4 Å². The zero-order valence-corrected chi connectivity index (χ0v) is 13.6. The molecule has 0 fully saturated rings. The molecule has 0 saturated heterocycles. The Bertz CT molecular complexity index is 642. The van der Waals surface area contributed by atoms with Crippen molar-refractivity contribution in [3.8, 4) is 5.75 Å². The number of hydrogen-bond acceptors (Lipinski definition) is 3. The Labute approximate surface area is 137 Å². The summed E-state index contributed by atoms with van der Waals surface area (Å²) in [5, 5.41) is 0. The quantitative estimate of drug-likeness (QED) is 0.553. The number of carbonyl (C=O) groups is 1. The third kappa shape index (κ3) is 5.29. The van der Waals surface area contributed by atoms with Crippen molar-refractivity contribution in [2.45, 2.75) is 26.9 Å². The lowest BCUT2D eigenvalue weighted by Gasteiger charge is -2.07. The van der Waals surface area contributed by atoms with E-state index in [0.29, 0.717) is 25.2 Å². The molecule has 0 aliphatic heterocycles. The Kier molecular flexibility index (Phi) is 6.42. The van der Waals surface area contributed by atoms with Crippen molar-refractivity contribution >= 4 is 12.0 Å². The van der Waals surface area contributed by atoms with Crippen molar-refractivity contribution in [1.29, 1.82) is 0 Å². The van der Waals surface area contributed by atoms with Crippen molar-refractivity contribution in [3.05, 3.63) is 71.3 Å². The third-order valence-corrected chi connectivity index (χ3v) is 3.39. The molecule has 0 aliphatic rings. The van der Waals surface area contributed by atoms with Crippen molar-refractivity contribution in [2.75, 3.05) is 6.61 Å². The molecule has 0 unspecified atom stereocenters. The van der Waals surface area contributed by atoms with Crippen LogP contribution in [0.4, 0.5) is 0 Å². The average molecular weight is 310 g/mol. The van der Waals surface area contributed by atoms with Crippen LogP contribution in [0.1, 0.15) is 31.4 Å². The molecule has 0 heterocycles. The van der Waals surface area contributed by atoms with E-state index < -0.39 is 0 Å². The number of ether oxygens (including phenoxy) is 2. The van der Waals surface area contributed by atoms with Crippen LogP contribution in [0.2, 0.25) is 0 Å². The summed E-state index contributed by atoms with van der Waals surface area (Å²) in [6.45, 7) is 4.69. The van der Waals surface area contributed by atoms with Gasteiger partial charge in [0.25, 0.3) is 0 Å². The minimum absolute atomic E-state index is 0.251. The predicted octanol–water partition coefficient (Wildman–Crippen LogP) is 4.62. The van der Waals surface area contributed by atoms with E-state index in [1.807, 2.05) is 74.5 Å². The van der Waals surface area contributed by atoms with Crippen molar-refractivity contribution < 1.29 is 14.3 Å². The van der Waals surface area contributed by atoms with Crippen LogP contribution in [-0.4, -0.2) is 12.6 Å². The molecule has 0 spiro atoms. The summed E-state index contributed by atoms with van der Waals surface area (Å²) in [7, 11) is 0. The van der Waals surface area contributed by atoms with Gasteiger partial charge in [-0.2, -0.15) is 0 Å². The van der Waals surface area contributed by atoms with Crippen LogP contribution in [0.5, 0.6) is 5.75 Å². The first-order chi connectivity index (χ1) is 11.2. The maximum Gasteiger partial charge on any atom is 0.333 e. The van der Waals surface area contributed by atoms with Crippen LogP contribution in [0.3, 0.4) is 0 Å². The summed E-state index contributed by atoms with van der Waals surface area (Å²) in [5.41, 5.74) is 2.76. The van der Waals surface area contributed by atoms with Crippen molar-refractivity contribution in [2.24, 2.45) is 0 Å². The third-order valence-electron chi connectivity index (χ3n) is 3.39. The summed E-state index contributed by atoms with van der Waals surface area (Å²) in [6, 6.07) is 17.7. The molecule has 0 radical (unpaired) electrons. The molecule has 3 nitrogen and oxygen atoms in total. The van der Waals surface area contributed by atoms with E-state index in [2.05, 4.69) is 0 Å². The SMILES string of the molecule is CCOC(=O)C(=Cc1ccc(OCc2ccccc2)cc1)CC. The highest BCUT2D eigenvalue weighted by atomic mass is 16.5. The fourth-order valence-electron chi connectivity index (χ4n) is 2.13. The topological polar surface area (TPSA) is 35.5 Å². The van der Waals surface area contributed by atoms with Crippen molar-refractivity contribution in [3.63, 3.8) is 0 Å². The fourth-order valence-corrected chi connectivity index (χ4v) is 2.13. The molecule has 0 atom stereocenters. The Morgan fingerprint density at radius 3 is 2.30 bits per heavy atom. The zero-order chi connectivity index (χ0) is 16.5. The molecule has 0 amide bonds. The van der Waals surface area contributed by atoms with Crippen LogP contribution < -0.4 is 4.74 Å². The van der Waals surface area contributed by atoms with Gasteiger partial charge in [0.2, 0.25) is 0 Å². The summed E-state index contributed by atoms with van der Waals surface area (Å²) < 4.78 is 10.8. The molecule has 2 aromatic carbocycles. The van der Waals surface area contributed by atoms with Crippen LogP contribution >= 0.6 is 0 Å². The van der Waals surface area contributed by atoms with Crippen LogP contribution in [0.25, 0.3) is 6.08 Å². The number of esters is 1. The molecule has 23 heavy (non-hydrogen) atoms. The van der Waals surface area contributed by atoms with Gasteiger partial charge in [0.05, 0.1) is 6.61 Å². The molecule has 3 heteroatoms. The summed E-state index contributed by atoms with van der Waals surface area (Å²) in [4.78, 5) is 11.8. The van der Waals surface area contributed by atoms with Crippen LogP contribution in [0.15, 0.2) is 60.2 Å². The fraction of sp³-hybridized carbons (Fsp3) is 0.250. The van der Waals surface area contributed by atoms with E-state index >= 15 is 0 Å². The van der Waals surface area contributed by atoms with Gasteiger partial charge in [-0.25, -0.2) is 4.79 Å². The first kappa shape index (κ1) is 16.8. The molecule has 0 aliphatic carbocycles. The van der Waals surface area contributed by atoms with E-state index in [0.717, 1.165) is 16.9 Å². The average Bonchev–Trinajstić information content (AvgIpc) is 2.60. The first-order valence-electron chi connectivity index (χ1n) is 7.87. The molecule has 120 valence electrons. The summed E-state index contributed by atoms with van der Waals surface area (Å²) in [5.74, 6) is 0.555. The molecule has 0 saturated carbocycles. The molecule has 0 N–H and O–H groups in total. The lowest BCUT2D eigenvalue weighted by Crippen LogP contribution is -2.06. The van der Waals surface area contributed by atoms with Gasteiger partial charge in [-0.05, 0) is 42.7 Å². The molecular formula is C20H22O3. The minimum Gasteiger partial charge on any atom is -0.489 e. The van der Waals surface area contributed by atoms with Gasteiger partial charge >= 0.3 is 5.97 Å². The monoisotopic (exact) mass is 310 g/mol. The normalized spacial score (nSPS) is 11.1. The molecule has 0 aromatic heterocycles. The lowest BCUT2D eigenvalue weighted by molar-refractivity contribution is -0.138. The molecule has 2 rings (SSSR count). The Balaban J connectivity index is 1.99. The second kappa shape index (κ2) is 8.79. The molecular weight excluding hydrogens is 288 g/mol. The van der Waals surface area contributed by atoms with Gasteiger partial charge in [0, 0.05) is 5.57 Å². The maximum absolute atomic E-state index is 11.8. The van der Waals surface area contributed by atoms with E-state index in [1.54, 1.807) is 0 Å². The highest BCUT2D eigenvalue weighted by molar-refractivity contribution is 5.93. The number of hydrogen-bond donors (Lipinski definition) is 0. The predicted molar refractivity (Wildman–Crippen MR) is 92.1 cm³/mol. The summed E-state index contributed by atoms with van der Waals surface area (Å²) in [6.07, 6.45) is 2.50. The summed E-state index contributed by atoms with van der Waals surface area (Å²) >= 11 is 0. The standard InChI is InChI=1S/C20H22O3/c1-3-18(20(21)22-4-2)14-16-10-12-19(13-11-16)23-15-17-8-6-5-7-9-17/h5-14H,3-4,15H2,1-2H3. The van der Waals surface area contributed by atoms with Crippen molar-refractivity contribution in [1.82, 2.24) is 0 Å².